The third kappa shape index (κ3) is 1.87. The Bertz CT molecular complexity index is 422. The molecule has 0 saturated heterocycles. The summed E-state index contributed by atoms with van der Waals surface area (Å²) in [5.41, 5.74) is 3.50. The predicted molar refractivity (Wildman–Crippen MR) is 49.3 cm³/mol. The summed E-state index contributed by atoms with van der Waals surface area (Å²) < 4.78 is 13.3. The minimum absolute atomic E-state index is 0.217. The zero-order chi connectivity index (χ0) is 10.9. The number of hydrogen-bond acceptors (Lipinski definition) is 3. The molecule has 0 aromatic heterocycles. The highest BCUT2D eigenvalue weighted by Gasteiger charge is 2.24. The topological polar surface area (TPSA) is 86.2 Å². The molecule has 0 atom stereocenters. The van der Waals surface area contributed by atoms with Crippen molar-refractivity contribution in [1.29, 1.82) is 0 Å². The van der Waals surface area contributed by atoms with Gasteiger partial charge in [0.25, 0.3) is 5.91 Å². The lowest BCUT2D eigenvalue weighted by atomic mass is 10.1. The molecule has 0 radical (unpaired) electrons. The standard InChI is InChI=1S/C7H4BrFN2O3/c8-3-1-4(7(10)12)6(11(13)14)5(9)2-3/h1-2H,(H2,10,12). The predicted octanol–water partition coefficient (Wildman–Crippen LogP) is 1.60. The zero-order valence-corrected chi connectivity index (χ0v) is 8.25. The molecule has 0 aliphatic carbocycles. The van der Waals surface area contributed by atoms with E-state index in [1.165, 1.54) is 0 Å². The molecule has 1 rings (SSSR count). The molecule has 1 aromatic carbocycles. The first-order valence-electron chi connectivity index (χ1n) is 3.36. The van der Waals surface area contributed by atoms with E-state index in [-0.39, 0.29) is 4.47 Å². The summed E-state index contributed by atoms with van der Waals surface area (Å²) in [7, 11) is 0. The van der Waals surface area contributed by atoms with Gasteiger partial charge in [-0.05, 0) is 12.1 Å². The van der Waals surface area contributed by atoms with Crippen molar-refractivity contribution in [2.45, 2.75) is 0 Å². The van der Waals surface area contributed by atoms with Crippen LogP contribution >= 0.6 is 15.9 Å². The van der Waals surface area contributed by atoms with Gasteiger partial charge in [-0.3, -0.25) is 14.9 Å². The number of nitro benzene ring substituents is 1. The second kappa shape index (κ2) is 3.70. The largest absolute Gasteiger partial charge is 0.365 e. The van der Waals surface area contributed by atoms with Crippen LogP contribution in [0.15, 0.2) is 16.6 Å². The van der Waals surface area contributed by atoms with E-state index in [9.17, 15) is 19.3 Å². The van der Waals surface area contributed by atoms with Crippen LogP contribution in [0, 0.1) is 15.9 Å². The van der Waals surface area contributed by atoms with Crippen molar-refractivity contribution in [2.75, 3.05) is 0 Å². The molecule has 0 heterocycles. The Morgan fingerprint density at radius 1 is 1.57 bits per heavy atom. The van der Waals surface area contributed by atoms with Crippen LogP contribution < -0.4 is 5.73 Å². The molecule has 2 N–H and O–H groups in total. The molecule has 1 amide bonds. The second-order valence-electron chi connectivity index (χ2n) is 2.41. The fraction of sp³-hybridized carbons (Fsp3) is 0. The summed E-state index contributed by atoms with van der Waals surface area (Å²) in [6, 6.07) is 1.99. The van der Waals surface area contributed by atoms with Crippen LogP contribution in [0.25, 0.3) is 0 Å². The normalized spacial score (nSPS) is 9.86. The van der Waals surface area contributed by atoms with Gasteiger partial charge >= 0.3 is 5.69 Å². The van der Waals surface area contributed by atoms with Crippen LogP contribution in [0.2, 0.25) is 0 Å². The molecule has 0 fully saturated rings. The minimum atomic E-state index is -1.10. The van der Waals surface area contributed by atoms with Gasteiger partial charge in [-0.2, -0.15) is 4.39 Å². The highest BCUT2D eigenvalue weighted by atomic mass is 79.9. The Balaban J connectivity index is 3.52. The van der Waals surface area contributed by atoms with Gasteiger partial charge in [-0.1, -0.05) is 15.9 Å². The summed E-state index contributed by atoms with van der Waals surface area (Å²) in [6.07, 6.45) is 0. The van der Waals surface area contributed by atoms with Crippen molar-refractivity contribution in [3.05, 3.63) is 38.1 Å². The van der Waals surface area contributed by atoms with Crippen molar-refractivity contribution in [1.82, 2.24) is 0 Å². The molecule has 0 unspecified atom stereocenters. The summed E-state index contributed by atoms with van der Waals surface area (Å²) in [4.78, 5) is 20.2. The number of amides is 1. The van der Waals surface area contributed by atoms with Gasteiger partial charge in [0, 0.05) is 4.47 Å². The Kier molecular flexibility index (Phi) is 2.80. The van der Waals surface area contributed by atoms with Crippen LogP contribution in [0.4, 0.5) is 10.1 Å². The van der Waals surface area contributed by atoms with Crippen LogP contribution in [0.1, 0.15) is 10.4 Å². The second-order valence-corrected chi connectivity index (χ2v) is 3.32. The minimum Gasteiger partial charge on any atom is -0.365 e. The SMILES string of the molecule is NC(=O)c1cc(Br)cc(F)c1[N+](=O)[O-]. The van der Waals surface area contributed by atoms with E-state index in [0.29, 0.717) is 0 Å². The average Bonchev–Trinajstić information content (AvgIpc) is 2.01. The zero-order valence-electron chi connectivity index (χ0n) is 6.66. The molecule has 14 heavy (non-hydrogen) atoms. The summed E-state index contributed by atoms with van der Waals surface area (Å²) in [5.74, 6) is -2.14. The summed E-state index contributed by atoms with van der Waals surface area (Å²) in [6.45, 7) is 0. The number of nitro groups is 1. The lowest BCUT2D eigenvalue weighted by molar-refractivity contribution is -0.387. The highest BCUT2D eigenvalue weighted by Crippen LogP contribution is 2.26. The smallest absolute Gasteiger partial charge is 0.317 e. The van der Waals surface area contributed by atoms with Crippen LogP contribution in [0.5, 0.6) is 0 Å². The average molecular weight is 263 g/mol. The number of carbonyl (C=O) groups is 1. The quantitative estimate of drug-likeness (QED) is 0.649. The molecule has 0 aliphatic rings. The summed E-state index contributed by atoms with van der Waals surface area (Å²) >= 11 is 2.89. The van der Waals surface area contributed by atoms with E-state index >= 15 is 0 Å². The van der Waals surface area contributed by atoms with Crippen LogP contribution in [-0.2, 0) is 0 Å². The van der Waals surface area contributed by atoms with Gasteiger partial charge in [0.15, 0.2) is 0 Å². The maximum absolute atomic E-state index is 13.0. The lowest BCUT2D eigenvalue weighted by Gasteiger charge is -2.00. The monoisotopic (exact) mass is 262 g/mol. The highest BCUT2D eigenvalue weighted by molar-refractivity contribution is 9.10. The van der Waals surface area contributed by atoms with Crippen molar-refractivity contribution < 1.29 is 14.1 Å². The molecule has 0 saturated carbocycles. The molecular weight excluding hydrogens is 259 g/mol. The van der Waals surface area contributed by atoms with E-state index in [0.717, 1.165) is 12.1 Å². The molecule has 7 heteroatoms. The maximum atomic E-state index is 13.0. The number of carbonyl (C=O) groups excluding carboxylic acids is 1. The number of benzene rings is 1. The van der Waals surface area contributed by atoms with E-state index in [1.54, 1.807) is 0 Å². The Hall–Kier alpha value is -1.50. The Labute approximate surface area is 86.0 Å². The Morgan fingerprint density at radius 2 is 2.14 bits per heavy atom. The number of hydrogen-bond donors (Lipinski definition) is 1. The number of halogens is 2. The summed E-state index contributed by atoms with van der Waals surface area (Å²) in [5, 5.41) is 10.4. The molecule has 0 bridgehead atoms. The van der Waals surface area contributed by atoms with Gasteiger partial charge in [0.1, 0.15) is 5.56 Å². The lowest BCUT2D eigenvalue weighted by Crippen LogP contribution is -2.14. The van der Waals surface area contributed by atoms with E-state index in [2.05, 4.69) is 15.9 Å². The fourth-order valence-electron chi connectivity index (χ4n) is 0.939. The third-order valence-electron chi connectivity index (χ3n) is 1.48. The first kappa shape index (κ1) is 10.6. The third-order valence-corrected chi connectivity index (χ3v) is 1.93. The fourth-order valence-corrected chi connectivity index (χ4v) is 1.37. The van der Waals surface area contributed by atoms with Crippen molar-refractivity contribution in [3.8, 4) is 0 Å². The number of rotatable bonds is 2. The molecule has 1 aromatic rings. The maximum Gasteiger partial charge on any atom is 0.317 e. The molecular formula is C7H4BrFN2O3. The molecule has 74 valence electrons. The molecule has 0 spiro atoms. The molecule has 0 aliphatic heterocycles. The number of nitrogens with zero attached hydrogens (tertiary/aromatic N) is 1. The van der Waals surface area contributed by atoms with E-state index < -0.39 is 27.9 Å². The first-order valence-corrected chi connectivity index (χ1v) is 4.16. The van der Waals surface area contributed by atoms with Gasteiger partial charge in [-0.15, -0.1) is 0 Å². The molecule has 5 nitrogen and oxygen atoms in total. The van der Waals surface area contributed by atoms with Crippen molar-refractivity contribution >= 4 is 27.5 Å². The number of primary amides is 1. The van der Waals surface area contributed by atoms with Gasteiger partial charge in [-0.25, -0.2) is 0 Å². The van der Waals surface area contributed by atoms with Crippen LogP contribution in [-0.4, -0.2) is 10.8 Å². The van der Waals surface area contributed by atoms with Gasteiger partial charge in [0.2, 0.25) is 5.82 Å². The Morgan fingerprint density at radius 3 is 2.57 bits per heavy atom. The van der Waals surface area contributed by atoms with E-state index in [1.807, 2.05) is 0 Å². The van der Waals surface area contributed by atoms with Gasteiger partial charge in [0.05, 0.1) is 4.92 Å². The number of nitrogens with two attached hydrogens (primary N) is 1. The first-order chi connectivity index (χ1) is 6.43. The van der Waals surface area contributed by atoms with E-state index in [4.69, 9.17) is 5.73 Å². The van der Waals surface area contributed by atoms with Gasteiger partial charge < -0.3 is 5.73 Å². The van der Waals surface area contributed by atoms with Crippen molar-refractivity contribution in [3.63, 3.8) is 0 Å². The van der Waals surface area contributed by atoms with Crippen LogP contribution in [0.3, 0.4) is 0 Å². The van der Waals surface area contributed by atoms with Crippen molar-refractivity contribution in [2.24, 2.45) is 5.73 Å².